The SMILES string of the molecule is Nc1ccc(-c2n[nH]c(-c3ccccc3F)n2)cc1. The quantitative estimate of drug-likeness (QED) is 0.691. The topological polar surface area (TPSA) is 67.6 Å². The molecule has 3 aromatic rings. The van der Waals surface area contributed by atoms with Crippen molar-refractivity contribution in [3.05, 3.63) is 54.3 Å². The first-order valence-corrected chi connectivity index (χ1v) is 5.77. The number of nitrogens with zero attached hydrogens (tertiary/aromatic N) is 2. The molecule has 1 heterocycles. The van der Waals surface area contributed by atoms with E-state index in [1.165, 1.54) is 6.07 Å². The highest BCUT2D eigenvalue weighted by molar-refractivity contribution is 5.62. The summed E-state index contributed by atoms with van der Waals surface area (Å²) in [7, 11) is 0. The third-order valence-electron chi connectivity index (χ3n) is 2.78. The molecular weight excluding hydrogens is 243 g/mol. The number of H-pyrrole nitrogens is 1. The van der Waals surface area contributed by atoms with E-state index in [2.05, 4.69) is 15.2 Å². The molecule has 0 radical (unpaired) electrons. The molecule has 94 valence electrons. The third kappa shape index (κ3) is 2.18. The van der Waals surface area contributed by atoms with Gasteiger partial charge in [0.2, 0.25) is 0 Å². The van der Waals surface area contributed by atoms with Crippen molar-refractivity contribution in [2.75, 3.05) is 5.73 Å². The van der Waals surface area contributed by atoms with E-state index in [0.717, 1.165) is 5.56 Å². The normalized spacial score (nSPS) is 10.6. The molecule has 3 N–H and O–H groups in total. The molecule has 0 amide bonds. The predicted octanol–water partition coefficient (Wildman–Crippen LogP) is 2.86. The van der Waals surface area contributed by atoms with E-state index in [4.69, 9.17) is 5.73 Å². The summed E-state index contributed by atoms with van der Waals surface area (Å²) in [5.74, 6) is 0.589. The molecule has 0 bridgehead atoms. The zero-order valence-corrected chi connectivity index (χ0v) is 9.97. The smallest absolute Gasteiger partial charge is 0.181 e. The molecule has 0 spiro atoms. The first-order valence-electron chi connectivity index (χ1n) is 5.77. The first kappa shape index (κ1) is 11.4. The fourth-order valence-electron chi connectivity index (χ4n) is 1.80. The highest BCUT2D eigenvalue weighted by atomic mass is 19.1. The number of aromatic amines is 1. The molecule has 3 rings (SSSR count). The van der Waals surface area contributed by atoms with Crippen LogP contribution >= 0.6 is 0 Å². The Morgan fingerprint density at radius 3 is 2.47 bits per heavy atom. The van der Waals surface area contributed by atoms with E-state index in [9.17, 15) is 4.39 Å². The standard InChI is InChI=1S/C14H11FN4/c15-12-4-2-1-3-11(12)14-17-13(18-19-14)9-5-7-10(16)8-6-9/h1-8H,16H2,(H,17,18,19). The second-order valence-electron chi connectivity index (χ2n) is 4.11. The van der Waals surface area contributed by atoms with Crippen molar-refractivity contribution >= 4 is 5.69 Å². The number of nitrogens with two attached hydrogens (primary N) is 1. The second-order valence-corrected chi connectivity index (χ2v) is 4.11. The molecule has 0 aliphatic heterocycles. The van der Waals surface area contributed by atoms with Gasteiger partial charge in [-0.2, -0.15) is 5.10 Å². The number of aromatic nitrogens is 3. The summed E-state index contributed by atoms with van der Waals surface area (Å²) in [6.07, 6.45) is 0. The van der Waals surface area contributed by atoms with Gasteiger partial charge >= 0.3 is 0 Å². The van der Waals surface area contributed by atoms with Crippen LogP contribution in [-0.4, -0.2) is 15.2 Å². The minimum atomic E-state index is -0.331. The summed E-state index contributed by atoms with van der Waals surface area (Å²) in [6.45, 7) is 0. The Bertz CT molecular complexity index is 703. The Kier molecular flexibility index (Phi) is 2.72. The van der Waals surface area contributed by atoms with Gasteiger partial charge in [-0.25, -0.2) is 9.37 Å². The molecule has 0 saturated carbocycles. The van der Waals surface area contributed by atoms with E-state index in [0.29, 0.717) is 22.9 Å². The minimum Gasteiger partial charge on any atom is -0.399 e. The van der Waals surface area contributed by atoms with E-state index in [-0.39, 0.29) is 5.82 Å². The van der Waals surface area contributed by atoms with E-state index in [1.54, 1.807) is 30.3 Å². The van der Waals surface area contributed by atoms with E-state index in [1.807, 2.05) is 12.1 Å². The maximum atomic E-state index is 13.6. The number of rotatable bonds is 2. The van der Waals surface area contributed by atoms with Gasteiger partial charge in [-0.05, 0) is 36.4 Å². The molecule has 1 aromatic heterocycles. The Morgan fingerprint density at radius 1 is 1.00 bits per heavy atom. The lowest BCUT2D eigenvalue weighted by molar-refractivity contribution is 0.630. The van der Waals surface area contributed by atoms with E-state index >= 15 is 0 Å². The van der Waals surface area contributed by atoms with Crippen molar-refractivity contribution < 1.29 is 4.39 Å². The largest absolute Gasteiger partial charge is 0.399 e. The van der Waals surface area contributed by atoms with Crippen molar-refractivity contribution in [1.29, 1.82) is 0 Å². The maximum absolute atomic E-state index is 13.6. The summed E-state index contributed by atoms with van der Waals surface area (Å²) in [5, 5.41) is 6.83. The molecule has 19 heavy (non-hydrogen) atoms. The van der Waals surface area contributed by atoms with Crippen LogP contribution in [0.1, 0.15) is 0 Å². The van der Waals surface area contributed by atoms with Crippen molar-refractivity contribution in [2.45, 2.75) is 0 Å². The van der Waals surface area contributed by atoms with Crippen LogP contribution in [0.15, 0.2) is 48.5 Å². The second kappa shape index (κ2) is 4.53. The number of anilines is 1. The van der Waals surface area contributed by atoms with Crippen LogP contribution < -0.4 is 5.73 Å². The highest BCUT2D eigenvalue weighted by Crippen LogP contribution is 2.22. The summed E-state index contributed by atoms with van der Waals surface area (Å²) in [5.41, 5.74) is 7.52. The number of nitrogens with one attached hydrogen (secondary N) is 1. The Labute approximate surface area is 109 Å². The number of nitrogen functional groups attached to an aromatic ring is 1. The molecular formula is C14H11FN4. The average Bonchev–Trinajstić information content (AvgIpc) is 2.89. The monoisotopic (exact) mass is 254 g/mol. The van der Waals surface area contributed by atoms with Crippen molar-refractivity contribution in [1.82, 2.24) is 15.2 Å². The van der Waals surface area contributed by atoms with Gasteiger partial charge in [-0.15, -0.1) is 0 Å². The van der Waals surface area contributed by atoms with Crippen LogP contribution in [0.25, 0.3) is 22.8 Å². The first-order chi connectivity index (χ1) is 9.24. The number of hydrogen-bond donors (Lipinski definition) is 2. The number of hydrogen-bond acceptors (Lipinski definition) is 3. The van der Waals surface area contributed by atoms with Crippen LogP contribution in [0, 0.1) is 5.82 Å². The summed E-state index contributed by atoms with van der Waals surface area (Å²) in [4.78, 5) is 4.29. The van der Waals surface area contributed by atoms with Crippen LogP contribution in [0.4, 0.5) is 10.1 Å². The lowest BCUT2D eigenvalue weighted by Crippen LogP contribution is -1.86. The Morgan fingerprint density at radius 2 is 1.74 bits per heavy atom. The van der Waals surface area contributed by atoms with Crippen LogP contribution in [-0.2, 0) is 0 Å². The number of benzene rings is 2. The third-order valence-corrected chi connectivity index (χ3v) is 2.78. The van der Waals surface area contributed by atoms with Gasteiger partial charge in [0.25, 0.3) is 0 Å². The minimum absolute atomic E-state index is 0.331. The highest BCUT2D eigenvalue weighted by Gasteiger charge is 2.10. The fraction of sp³-hybridized carbons (Fsp3) is 0. The van der Waals surface area contributed by atoms with Crippen molar-refractivity contribution in [3.8, 4) is 22.8 Å². The molecule has 4 nitrogen and oxygen atoms in total. The summed E-state index contributed by atoms with van der Waals surface area (Å²) >= 11 is 0. The van der Waals surface area contributed by atoms with Gasteiger partial charge in [0.05, 0.1) is 5.56 Å². The molecule has 2 aromatic carbocycles. The average molecular weight is 254 g/mol. The van der Waals surface area contributed by atoms with Crippen molar-refractivity contribution in [2.24, 2.45) is 0 Å². The predicted molar refractivity (Wildman–Crippen MR) is 71.6 cm³/mol. The van der Waals surface area contributed by atoms with Crippen LogP contribution in [0.3, 0.4) is 0 Å². The van der Waals surface area contributed by atoms with Gasteiger partial charge in [-0.1, -0.05) is 12.1 Å². The zero-order chi connectivity index (χ0) is 13.2. The van der Waals surface area contributed by atoms with Gasteiger partial charge in [-0.3, -0.25) is 5.10 Å². The maximum Gasteiger partial charge on any atom is 0.181 e. The van der Waals surface area contributed by atoms with E-state index < -0.39 is 0 Å². The summed E-state index contributed by atoms with van der Waals surface area (Å²) < 4.78 is 13.6. The molecule has 0 fully saturated rings. The van der Waals surface area contributed by atoms with Crippen molar-refractivity contribution in [3.63, 3.8) is 0 Å². The summed E-state index contributed by atoms with van der Waals surface area (Å²) in [6, 6.07) is 13.6. The molecule has 0 atom stereocenters. The fourth-order valence-corrected chi connectivity index (χ4v) is 1.80. The Hall–Kier alpha value is -2.69. The van der Waals surface area contributed by atoms with Gasteiger partial charge in [0.1, 0.15) is 5.82 Å². The zero-order valence-electron chi connectivity index (χ0n) is 9.97. The van der Waals surface area contributed by atoms with Gasteiger partial charge in [0.15, 0.2) is 11.6 Å². The molecule has 0 unspecified atom stereocenters. The van der Waals surface area contributed by atoms with Crippen LogP contribution in [0.2, 0.25) is 0 Å². The number of halogens is 1. The molecule has 0 aliphatic rings. The molecule has 5 heteroatoms. The van der Waals surface area contributed by atoms with Crippen LogP contribution in [0.5, 0.6) is 0 Å². The van der Waals surface area contributed by atoms with Gasteiger partial charge in [0, 0.05) is 11.3 Å². The molecule has 0 aliphatic carbocycles. The molecule has 0 saturated heterocycles. The van der Waals surface area contributed by atoms with Gasteiger partial charge < -0.3 is 5.73 Å². The Balaban J connectivity index is 2.00. The lowest BCUT2D eigenvalue weighted by Gasteiger charge is -1.97. The lowest BCUT2D eigenvalue weighted by atomic mass is 10.2.